The molecule has 0 unspecified atom stereocenters. The summed E-state index contributed by atoms with van der Waals surface area (Å²) in [7, 11) is 0. The van der Waals surface area contributed by atoms with Crippen molar-refractivity contribution in [2.45, 2.75) is 13.8 Å². The SMILES string of the molecule is CC(C)CNC(=O)NC(=O)COC(=O)c1cccc(Cl)c1. The molecule has 3 amide bonds. The Morgan fingerprint density at radius 1 is 1.29 bits per heavy atom. The first-order valence-corrected chi connectivity index (χ1v) is 6.76. The van der Waals surface area contributed by atoms with Gasteiger partial charge in [0.1, 0.15) is 0 Å². The normalized spacial score (nSPS) is 10.1. The highest BCUT2D eigenvalue weighted by molar-refractivity contribution is 6.30. The van der Waals surface area contributed by atoms with Gasteiger partial charge in [-0.1, -0.05) is 31.5 Å². The summed E-state index contributed by atoms with van der Waals surface area (Å²) in [6.07, 6.45) is 0. The number of urea groups is 1. The summed E-state index contributed by atoms with van der Waals surface area (Å²) >= 11 is 5.74. The van der Waals surface area contributed by atoms with Crippen molar-refractivity contribution in [3.63, 3.8) is 0 Å². The molecule has 0 aliphatic rings. The Morgan fingerprint density at radius 3 is 2.62 bits per heavy atom. The lowest BCUT2D eigenvalue weighted by molar-refractivity contribution is -0.123. The Labute approximate surface area is 127 Å². The summed E-state index contributed by atoms with van der Waals surface area (Å²) in [6.45, 7) is 3.76. The number of imide groups is 1. The molecular weight excluding hydrogens is 296 g/mol. The van der Waals surface area contributed by atoms with Crippen LogP contribution in [0.15, 0.2) is 24.3 Å². The van der Waals surface area contributed by atoms with Crippen LogP contribution in [0.3, 0.4) is 0 Å². The molecule has 1 rings (SSSR count). The van der Waals surface area contributed by atoms with E-state index in [2.05, 4.69) is 10.6 Å². The third-order valence-corrected chi connectivity index (χ3v) is 2.55. The maximum Gasteiger partial charge on any atom is 0.338 e. The van der Waals surface area contributed by atoms with Gasteiger partial charge in [-0.2, -0.15) is 0 Å². The second kappa shape index (κ2) is 8.26. The van der Waals surface area contributed by atoms with Gasteiger partial charge in [-0.05, 0) is 24.1 Å². The molecule has 0 radical (unpaired) electrons. The van der Waals surface area contributed by atoms with Gasteiger partial charge in [-0.3, -0.25) is 10.1 Å². The van der Waals surface area contributed by atoms with Crippen molar-refractivity contribution in [3.8, 4) is 0 Å². The first-order chi connectivity index (χ1) is 9.88. The van der Waals surface area contributed by atoms with Crippen LogP contribution in [0.5, 0.6) is 0 Å². The van der Waals surface area contributed by atoms with Gasteiger partial charge in [0.2, 0.25) is 0 Å². The zero-order valence-electron chi connectivity index (χ0n) is 11.8. The zero-order valence-corrected chi connectivity index (χ0v) is 12.6. The minimum atomic E-state index is -0.702. The third kappa shape index (κ3) is 6.76. The van der Waals surface area contributed by atoms with Crippen LogP contribution >= 0.6 is 11.6 Å². The van der Waals surface area contributed by atoms with Gasteiger partial charge >= 0.3 is 12.0 Å². The smallest absolute Gasteiger partial charge is 0.338 e. The molecule has 0 aliphatic heterocycles. The molecule has 0 saturated heterocycles. The van der Waals surface area contributed by atoms with Crippen molar-refractivity contribution in [2.24, 2.45) is 5.92 Å². The number of hydrogen-bond acceptors (Lipinski definition) is 4. The van der Waals surface area contributed by atoms with Crippen LogP contribution in [0.1, 0.15) is 24.2 Å². The van der Waals surface area contributed by atoms with Gasteiger partial charge in [0.15, 0.2) is 6.61 Å². The van der Waals surface area contributed by atoms with Crippen LogP contribution in [0.2, 0.25) is 5.02 Å². The average Bonchev–Trinajstić information content (AvgIpc) is 2.42. The van der Waals surface area contributed by atoms with E-state index >= 15 is 0 Å². The highest BCUT2D eigenvalue weighted by Gasteiger charge is 2.12. The quantitative estimate of drug-likeness (QED) is 0.814. The van der Waals surface area contributed by atoms with Crippen molar-refractivity contribution in [2.75, 3.05) is 13.2 Å². The predicted molar refractivity (Wildman–Crippen MR) is 78.1 cm³/mol. The molecule has 114 valence electrons. The van der Waals surface area contributed by atoms with Crippen molar-refractivity contribution >= 4 is 29.5 Å². The first kappa shape index (κ1) is 17.0. The van der Waals surface area contributed by atoms with Crippen LogP contribution < -0.4 is 10.6 Å². The Balaban J connectivity index is 2.36. The van der Waals surface area contributed by atoms with E-state index in [0.717, 1.165) is 0 Å². The molecule has 0 saturated carbocycles. The minimum Gasteiger partial charge on any atom is -0.452 e. The molecule has 0 bridgehead atoms. The van der Waals surface area contributed by atoms with Crippen LogP contribution in [0.4, 0.5) is 4.79 Å². The molecule has 2 N–H and O–H groups in total. The molecule has 0 atom stereocenters. The number of carbonyl (C=O) groups excluding carboxylic acids is 3. The molecular formula is C14H17ClN2O4. The predicted octanol–water partition coefficient (Wildman–Crippen LogP) is 1.98. The number of nitrogens with one attached hydrogen (secondary N) is 2. The molecule has 21 heavy (non-hydrogen) atoms. The Hall–Kier alpha value is -2.08. The molecule has 0 aliphatic carbocycles. The summed E-state index contributed by atoms with van der Waals surface area (Å²) in [5.41, 5.74) is 0.236. The highest BCUT2D eigenvalue weighted by Crippen LogP contribution is 2.11. The van der Waals surface area contributed by atoms with E-state index in [0.29, 0.717) is 11.6 Å². The van der Waals surface area contributed by atoms with Gasteiger partial charge < -0.3 is 10.1 Å². The van der Waals surface area contributed by atoms with E-state index in [1.807, 2.05) is 13.8 Å². The first-order valence-electron chi connectivity index (χ1n) is 6.39. The lowest BCUT2D eigenvalue weighted by atomic mass is 10.2. The Morgan fingerprint density at radius 2 is 2.00 bits per heavy atom. The fourth-order valence-electron chi connectivity index (χ4n) is 1.33. The Bertz CT molecular complexity index is 531. The number of hydrogen-bond donors (Lipinski definition) is 2. The van der Waals surface area contributed by atoms with Gasteiger partial charge in [0, 0.05) is 11.6 Å². The standard InChI is InChI=1S/C14H17ClN2O4/c1-9(2)7-16-14(20)17-12(18)8-21-13(19)10-4-3-5-11(15)6-10/h3-6,9H,7-8H2,1-2H3,(H2,16,17,18,20). The number of amides is 3. The summed E-state index contributed by atoms with van der Waals surface area (Å²) in [5, 5.41) is 4.96. The van der Waals surface area contributed by atoms with Gasteiger partial charge in [-0.15, -0.1) is 0 Å². The topological polar surface area (TPSA) is 84.5 Å². The Kier molecular flexibility index (Phi) is 6.68. The van der Waals surface area contributed by atoms with Crippen molar-refractivity contribution in [1.29, 1.82) is 0 Å². The lowest BCUT2D eigenvalue weighted by Gasteiger charge is -2.09. The van der Waals surface area contributed by atoms with Gasteiger partial charge in [-0.25, -0.2) is 9.59 Å². The monoisotopic (exact) mass is 312 g/mol. The number of halogens is 1. The van der Waals surface area contributed by atoms with E-state index in [-0.39, 0.29) is 11.5 Å². The second-order valence-corrected chi connectivity index (χ2v) is 5.17. The van der Waals surface area contributed by atoms with E-state index in [1.54, 1.807) is 12.1 Å². The zero-order chi connectivity index (χ0) is 15.8. The summed E-state index contributed by atoms with van der Waals surface area (Å²) < 4.78 is 4.78. The number of esters is 1. The fraction of sp³-hybridized carbons (Fsp3) is 0.357. The number of rotatable bonds is 5. The summed E-state index contributed by atoms with van der Waals surface area (Å²) in [5.74, 6) is -1.12. The minimum absolute atomic E-state index is 0.236. The van der Waals surface area contributed by atoms with Gasteiger partial charge in [0.05, 0.1) is 5.56 Å². The van der Waals surface area contributed by atoms with Gasteiger partial charge in [0.25, 0.3) is 5.91 Å². The van der Waals surface area contributed by atoms with Crippen molar-refractivity contribution in [1.82, 2.24) is 10.6 Å². The second-order valence-electron chi connectivity index (χ2n) is 4.74. The fourth-order valence-corrected chi connectivity index (χ4v) is 1.52. The van der Waals surface area contributed by atoms with Crippen LogP contribution in [0, 0.1) is 5.92 Å². The third-order valence-electron chi connectivity index (χ3n) is 2.32. The molecule has 6 nitrogen and oxygen atoms in total. The van der Waals surface area contributed by atoms with E-state index in [9.17, 15) is 14.4 Å². The molecule has 7 heteroatoms. The van der Waals surface area contributed by atoms with Crippen molar-refractivity contribution in [3.05, 3.63) is 34.9 Å². The number of ether oxygens (including phenoxy) is 1. The van der Waals surface area contributed by atoms with Crippen LogP contribution in [0.25, 0.3) is 0 Å². The average molecular weight is 313 g/mol. The summed E-state index contributed by atoms with van der Waals surface area (Å²) in [6, 6.07) is 5.54. The van der Waals surface area contributed by atoms with E-state index < -0.39 is 24.5 Å². The molecule has 0 heterocycles. The van der Waals surface area contributed by atoms with Crippen LogP contribution in [-0.4, -0.2) is 31.1 Å². The van der Waals surface area contributed by atoms with Crippen molar-refractivity contribution < 1.29 is 19.1 Å². The molecule has 0 fully saturated rings. The number of carbonyl (C=O) groups is 3. The molecule has 1 aromatic carbocycles. The molecule has 1 aromatic rings. The van der Waals surface area contributed by atoms with E-state index in [1.165, 1.54) is 12.1 Å². The van der Waals surface area contributed by atoms with E-state index in [4.69, 9.17) is 16.3 Å². The summed E-state index contributed by atoms with van der Waals surface area (Å²) in [4.78, 5) is 34.4. The molecule has 0 spiro atoms. The molecule has 0 aromatic heterocycles. The number of benzene rings is 1. The van der Waals surface area contributed by atoms with Crippen LogP contribution in [-0.2, 0) is 9.53 Å². The maximum atomic E-state index is 11.6. The maximum absolute atomic E-state index is 11.6. The largest absolute Gasteiger partial charge is 0.452 e. The highest BCUT2D eigenvalue weighted by atomic mass is 35.5. The lowest BCUT2D eigenvalue weighted by Crippen LogP contribution is -2.42.